The molecule has 1 aliphatic carbocycles. The number of carbonyl (C=O) groups excluding carboxylic acids is 1. The second kappa shape index (κ2) is 4.30. The summed E-state index contributed by atoms with van der Waals surface area (Å²) in [4.78, 5) is 11.0. The van der Waals surface area contributed by atoms with Crippen molar-refractivity contribution in [2.24, 2.45) is 5.92 Å². The maximum absolute atomic E-state index is 11.0. The molecule has 3 heteroatoms. The molecule has 0 aromatic rings. The molecule has 2 atom stereocenters. The lowest BCUT2D eigenvalue weighted by Crippen LogP contribution is -2.39. The summed E-state index contributed by atoms with van der Waals surface area (Å²) >= 11 is 0. The molecule has 2 N–H and O–H groups in total. The molecule has 0 aromatic carbocycles. The Morgan fingerprint density at radius 1 is 1.57 bits per heavy atom. The van der Waals surface area contributed by atoms with Gasteiger partial charge in [0, 0.05) is 25.0 Å². The minimum absolute atomic E-state index is 0.193. The van der Waals surface area contributed by atoms with Crippen molar-refractivity contribution < 1.29 is 4.79 Å². The third-order valence-corrected chi connectivity index (χ3v) is 3.41. The van der Waals surface area contributed by atoms with Gasteiger partial charge in [-0.05, 0) is 19.3 Å². The fourth-order valence-electron chi connectivity index (χ4n) is 2.42. The van der Waals surface area contributed by atoms with Crippen molar-refractivity contribution in [1.82, 2.24) is 10.6 Å². The highest BCUT2D eigenvalue weighted by Gasteiger charge is 2.25. The van der Waals surface area contributed by atoms with Gasteiger partial charge in [-0.3, -0.25) is 4.79 Å². The maximum atomic E-state index is 11.0. The molecule has 1 aliphatic heterocycles. The lowest BCUT2D eigenvalue weighted by atomic mass is 9.81. The van der Waals surface area contributed by atoms with Gasteiger partial charge >= 0.3 is 0 Å². The highest BCUT2D eigenvalue weighted by molar-refractivity contribution is 5.78. The van der Waals surface area contributed by atoms with Crippen molar-refractivity contribution in [3.63, 3.8) is 0 Å². The third-order valence-electron chi connectivity index (χ3n) is 3.41. The maximum Gasteiger partial charge on any atom is 0.221 e. The van der Waals surface area contributed by atoms with Crippen LogP contribution in [0.5, 0.6) is 0 Å². The first-order chi connectivity index (χ1) is 6.74. The Kier molecular flexibility index (Phi) is 3.06. The summed E-state index contributed by atoms with van der Waals surface area (Å²) in [7, 11) is 0. The van der Waals surface area contributed by atoms with Crippen molar-refractivity contribution in [2.45, 2.75) is 51.1 Å². The molecule has 0 aromatic heterocycles. The van der Waals surface area contributed by atoms with Crippen LogP contribution in [0.15, 0.2) is 0 Å². The predicted molar refractivity (Wildman–Crippen MR) is 56.0 cm³/mol. The van der Waals surface area contributed by atoms with E-state index in [1.165, 1.54) is 25.7 Å². The Bertz CT molecular complexity index is 213. The summed E-state index contributed by atoms with van der Waals surface area (Å²) in [5.41, 5.74) is 0. The van der Waals surface area contributed by atoms with Gasteiger partial charge in [0.2, 0.25) is 5.91 Å². The van der Waals surface area contributed by atoms with Crippen LogP contribution in [0.1, 0.15) is 39.0 Å². The topological polar surface area (TPSA) is 41.1 Å². The molecular weight excluding hydrogens is 176 g/mol. The molecule has 1 saturated carbocycles. The van der Waals surface area contributed by atoms with Gasteiger partial charge < -0.3 is 10.6 Å². The summed E-state index contributed by atoms with van der Waals surface area (Å²) in [6.45, 7) is 3.05. The van der Waals surface area contributed by atoms with Gasteiger partial charge in [-0.2, -0.15) is 0 Å². The molecule has 2 fully saturated rings. The lowest BCUT2D eigenvalue weighted by Gasteiger charge is -2.29. The van der Waals surface area contributed by atoms with Crippen LogP contribution >= 0.6 is 0 Å². The first-order valence-corrected chi connectivity index (χ1v) is 5.77. The van der Waals surface area contributed by atoms with Gasteiger partial charge in [-0.15, -0.1) is 0 Å². The second-order valence-electron chi connectivity index (χ2n) is 4.81. The van der Waals surface area contributed by atoms with Gasteiger partial charge in [0.05, 0.1) is 0 Å². The zero-order valence-corrected chi connectivity index (χ0v) is 8.88. The summed E-state index contributed by atoms with van der Waals surface area (Å²) in [6.07, 6.45) is 6.18. The van der Waals surface area contributed by atoms with Gasteiger partial charge in [-0.25, -0.2) is 0 Å². The molecule has 2 unspecified atom stereocenters. The second-order valence-corrected chi connectivity index (χ2v) is 4.81. The Morgan fingerprint density at radius 3 is 2.86 bits per heavy atom. The Hall–Kier alpha value is -0.570. The lowest BCUT2D eigenvalue weighted by molar-refractivity contribution is -0.119. The van der Waals surface area contributed by atoms with Gasteiger partial charge in [-0.1, -0.05) is 19.3 Å². The van der Waals surface area contributed by atoms with E-state index >= 15 is 0 Å². The quantitative estimate of drug-likeness (QED) is 0.705. The van der Waals surface area contributed by atoms with E-state index in [2.05, 4.69) is 17.6 Å². The molecule has 0 spiro atoms. The molecule has 1 saturated heterocycles. The van der Waals surface area contributed by atoms with Gasteiger partial charge in [0.1, 0.15) is 0 Å². The van der Waals surface area contributed by atoms with Crippen LogP contribution < -0.4 is 10.6 Å². The molecule has 1 amide bonds. The number of carbonyl (C=O) groups is 1. The third kappa shape index (κ3) is 2.47. The summed E-state index contributed by atoms with van der Waals surface area (Å²) < 4.78 is 0. The number of amides is 1. The van der Waals surface area contributed by atoms with Crippen molar-refractivity contribution in [3.05, 3.63) is 0 Å². The molecule has 2 rings (SSSR count). The van der Waals surface area contributed by atoms with Gasteiger partial charge in [0.15, 0.2) is 0 Å². The van der Waals surface area contributed by atoms with E-state index < -0.39 is 0 Å². The first kappa shape index (κ1) is 9.97. The van der Waals surface area contributed by atoms with E-state index in [-0.39, 0.29) is 5.91 Å². The number of hydrogen-bond donors (Lipinski definition) is 2. The van der Waals surface area contributed by atoms with E-state index in [0.29, 0.717) is 18.5 Å². The average Bonchev–Trinajstić information content (AvgIpc) is 2.44. The van der Waals surface area contributed by atoms with E-state index in [9.17, 15) is 4.79 Å². The largest absolute Gasteiger partial charge is 0.354 e. The monoisotopic (exact) mass is 196 g/mol. The van der Waals surface area contributed by atoms with Gasteiger partial charge in [0.25, 0.3) is 0 Å². The average molecular weight is 196 g/mol. The SMILES string of the molecule is CC(CC1CCC1)NC1CNC(=O)C1. The Balaban J connectivity index is 1.65. The number of nitrogens with one attached hydrogen (secondary N) is 2. The molecule has 0 bridgehead atoms. The van der Waals surface area contributed by atoms with E-state index in [4.69, 9.17) is 0 Å². The molecule has 1 heterocycles. The minimum atomic E-state index is 0.193. The number of rotatable bonds is 4. The smallest absolute Gasteiger partial charge is 0.221 e. The fourth-order valence-corrected chi connectivity index (χ4v) is 2.42. The van der Waals surface area contributed by atoms with Crippen LogP contribution in [0.2, 0.25) is 0 Å². The zero-order chi connectivity index (χ0) is 9.97. The van der Waals surface area contributed by atoms with Crippen LogP contribution in [-0.2, 0) is 4.79 Å². The minimum Gasteiger partial charge on any atom is -0.354 e. The van der Waals surface area contributed by atoms with E-state index in [0.717, 1.165) is 12.5 Å². The number of hydrogen-bond acceptors (Lipinski definition) is 2. The highest BCUT2D eigenvalue weighted by atomic mass is 16.1. The normalized spacial score (nSPS) is 29.8. The van der Waals surface area contributed by atoms with Crippen LogP contribution in [0.3, 0.4) is 0 Å². The molecular formula is C11H20N2O. The fraction of sp³-hybridized carbons (Fsp3) is 0.909. The van der Waals surface area contributed by atoms with Crippen molar-refractivity contribution in [1.29, 1.82) is 0 Å². The van der Waals surface area contributed by atoms with E-state index in [1.54, 1.807) is 0 Å². The predicted octanol–water partition coefficient (Wildman–Crippen LogP) is 1.04. The highest BCUT2D eigenvalue weighted by Crippen LogP contribution is 2.30. The molecule has 3 nitrogen and oxygen atoms in total. The van der Waals surface area contributed by atoms with Crippen molar-refractivity contribution >= 4 is 5.91 Å². The van der Waals surface area contributed by atoms with Crippen molar-refractivity contribution in [2.75, 3.05) is 6.54 Å². The van der Waals surface area contributed by atoms with Crippen LogP contribution in [0.4, 0.5) is 0 Å². The van der Waals surface area contributed by atoms with Crippen LogP contribution in [-0.4, -0.2) is 24.5 Å². The molecule has 14 heavy (non-hydrogen) atoms. The van der Waals surface area contributed by atoms with Crippen molar-refractivity contribution in [3.8, 4) is 0 Å². The van der Waals surface area contributed by atoms with E-state index in [1.807, 2.05) is 0 Å². The zero-order valence-electron chi connectivity index (χ0n) is 8.88. The summed E-state index contributed by atoms with van der Waals surface area (Å²) in [5.74, 6) is 1.14. The Labute approximate surface area is 85.6 Å². The molecule has 0 radical (unpaired) electrons. The molecule has 80 valence electrons. The molecule has 2 aliphatic rings. The standard InChI is InChI=1S/C11H20N2O/c1-8(5-9-3-2-4-9)13-10-6-11(14)12-7-10/h8-10,13H,2-7H2,1H3,(H,12,14). The van der Waals surface area contributed by atoms with Crippen LogP contribution in [0, 0.1) is 5.92 Å². The Morgan fingerprint density at radius 2 is 2.36 bits per heavy atom. The summed E-state index contributed by atoms with van der Waals surface area (Å²) in [5, 5.41) is 6.38. The summed E-state index contributed by atoms with van der Waals surface area (Å²) in [6, 6.07) is 0.940. The van der Waals surface area contributed by atoms with Crippen LogP contribution in [0.25, 0.3) is 0 Å². The first-order valence-electron chi connectivity index (χ1n) is 5.77.